The largest absolute Gasteiger partial charge is 0.379 e. The van der Waals surface area contributed by atoms with Gasteiger partial charge in [-0.1, -0.05) is 0 Å². The van der Waals surface area contributed by atoms with Crippen LogP contribution in [0, 0.1) is 0 Å². The number of ether oxygens (including phenoxy) is 1. The fourth-order valence-electron chi connectivity index (χ4n) is 3.03. The van der Waals surface area contributed by atoms with Crippen LogP contribution < -0.4 is 16.8 Å². The highest BCUT2D eigenvalue weighted by Crippen LogP contribution is 2.35. The van der Waals surface area contributed by atoms with Gasteiger partial charge in [-0.05, 0) is 25.8 Å². The minimum atomic E-state index is 0. The Labute approximate surface area is 155 Å². The number of hydrogen-bond acceptors (Lipinski definition) is 7. The standard InChI is InChI=1S/C15H26N6O.2ClH/c16-12-8-11(9-12)13-10-14(20-15(17)19-13)18-2-1-3-21-4-6-22-7-5-21;;/h10-12H,1-9,16H2,(H3,17,18,19,20);2*1H. The van der Waals surface area contributed by atoms with E-state index < -0.39 is 0 Å². The number of halogens is 2. The van der Waals surface area contributed by atoms with Gasteiger partial charge in [0.1, 0.15) is 5.82 Å². The highest BCUT2D eigenvalue weighted by atomic mass is 35.5. The van der Waals surface area contributed by atoms with Crippen molar-refractivity contribution in [3.05, 3.63) is 11.8 Å². The molecular weight excluding hydrogens is 351 g/mol. The number of nitrogens with one attached hydrogen (secondary N) is 1. The first-order valence-corrected chi connectivity index (χ1v) is 8.15. The van der Waals surface area contributed by atoms with Crippen LogP contribution in [0.5, 0.6) is 0 Å². The predicted octanol–water partition coefficient (Wildman–Crippen LogP) is 1.24. The Hall–Kier alpha value is -0.860. The zero-order chi connectivity index (χ0) is 15.4. The topological polar surface area (TPSA) is 102 Å². The maximum absolute atomic E-state index is 5.85. The first-order valence-electron chi connectivity index (χ1n) is 8.15. The third-order valence-corrected chi connectivity index (χ3v) is 4.42. The Morgan fingerprint density at radius 1 is 1.21 bits per heavy atom. The molecule has 1 saturated heterocycles. The van der Waals surface area contributed by atoms with E-state index in [2.05, 4.69) is 20.2 Å². The highest BCUT2D eigenvalue weighted by Gasteiger charge is 2.29. The van der Waals surface area contributed by atoms with E-state index >= 15 is 0 Å². The normalized spacial score (nSPS) is 23.5. The fraction of sp³-hybridized carbons (Fsp3) is 0.733. The Morgan fingerprint density at radius 3 is 2.58 bits per heavy atom. The molecule has 0 aromatic carbocycles. The van der Waals surface area contributed by atoms with Gasteiger partial charge in [0.25, 0.3) is 0 Å². The molecule has 0 bridgehead atoms. The summed E-state index contributed by atoms with van der Waals surface area (Å²) in [6.07, 6.45) is 3.06. The molecule has 2 heterocycles. The van der Waals surface area contributed by atoms with Crippen molar-refractivity contribution in [1.82, 2.24) is 14.9 Å². The van der Waals surface area contributed by atoms with Crippen LogP contribution in [0.1, 0.15) is 30.9 Å². The minimum absolute atomic E-state index is 0. The molecule has 5 N–H and O–H groups in total. The third kappa shape index (κ3) is 5.89. The van der Waals surface area contributed by atoms with Crippen LogP contribution in [0.3, 0.4) is 0 Å². The van der Waals surface area contributed by atoms with Crippen LogP contribution in [-0.4, -0.2) is 60.3 Å². The van der Waals surface area contributed by atoms with E-state index in [0.29, 0.717) is 17.9 Å². The Morgan fingerprint density at radius 2 is 1.92 bits per heavy atom. The van der Waals surface area contributed by atoms with Gasteiger partial charge < -0.3 is 21.5 Å². The molecule has 1 aromatic rings. The summed E-state index contributed by atoms with van der Waals surface area (Å²) >= 11 is 0. The molecule has 0 radical (unpaired) electrons. The van der Waals surface area contributed by atoms with Gasteiger partial charge in [-0.15, -0.1) is 24.8 Å². The second-order valence-corrected chi connectivity index (χ2v) is 6.20. The molecule has 2 fully saturated rings. The number of nitrogens with zero attached hydrogens (tertiary/aromatic N) is 3. The summed E-state index contributed by atoms with van der Waals surface area (Å²) in [4.78, 5) is 11.0. The molecular formula is C15H28Cl2N6O. The third-order valence-electron chi connectivity index (χ3n) is 4.42. The van der Waals surface area contributed by atoms with Crippen molar-refractivity contribution in [2.24, 2.45) is 5.73 Å². The van der Waals surface area contributed by atoms with Gasteiger partial charge in [0, 0.05) is 37.7 Å². The SMILES string of the molecule is Cl.Cl.Nc1nc(NCCCN2CCOCC2)cc(C2CC(N)C2)n1. The number of anilines is 2. The molecule has 9 heteroatoms. The van der Waals surface area contributed by atoms with Crippen molar-refractivity contribution in [1.29, 1.82) is 0 Å². The van der Waals surface area contributed by atoms with Crippen LogP contribution >= 0.6 is 24.8 Å². The Balaban J connectivity index is 0.00000144. The Kier molecular flexibility index (Phi) is 9.01. The molecule has 1 saturated carbocycles. The molecule has 1 aliphatic carbocycles. The molecule has 0 amide bonds. The van der Waals surface area contributed by atoms with E-state index in [1.807, 2.05) is 6.07 Å². The van der Waals surface area contributed by atoms with Gasteiger partial charge in [0.05, 0.1) is 18.9 Å². The minimum Gasteiger partial charge on any atom is -0.379 e. The summed E-state index contributed by atoms with van der Waals surface area (Å²) in [5.74, 6) is 1.60. The Bertz CT molecular complexity index is 495. The van der Waals surface area contributed by atoms with Crippen molar-refractivity contribution in [2.45, 2.75) is 31.2 Å². The van der Waals surface area contributed by atoms with Crippen molar-refractivity contribution in [3.8, 4) is 0 Å². The molecule has 2 aliphatic rings. The number of nitrogens with two attached hydrogens (primary N) is 2. The first-order chi connectivity index (χ1) is 10.7. The molecule has 0 atom stereocenters. The number of rotatable bonds is 6. The van der Waals surface area contributed by atoms with Gasteiger partial charge in [-0.25, -0.2) is 4.98 Å². The van der Waals surface area contributed by atoms with E-state index in [4.69, 9.17) is 16.2 Å². The van der Waals surface area contributed by atoms with E-state index in [-0.39, 0.29) is 24.8 Å². The van der Waals surface area contributed by atoms with Gasteiger partial charge in [0.2, 0.25) is 5.95 Å². The van der Waals surface area contributed by atoms with Crippen LogP contribution in [0.25, 0.3) is 0 Å². The maximum Gasteiger partial charge on any atom is 0.222 e. The molecule has 138 valence electrons. The van der Waals surface area contributed by atoms with Gasteiger partial charge in [-0.2, -0.15) is 4.98 Å². The van der Waals surface area contributed by atoms with Crippen molar-refractivity contribution in [2.75, 3.05) is 50.4 Å². The van der Waals surface area contributed by atoms with E-state index in [1.54, 1.807) is 0 Å². The number of hydrogen-bond donors (Lipinski definition) is 3. The van der Waals surface area contributed by atoms with Crippen LogP contribution in [-0.2, 0) is 4.74 Å². The number of nitrogen functional groups attached to an aromatic ring is 1. The average molecular weight is 379 g/mol. The molecule has 1 aromatic heterocycles. The fourth-order valence-corrected chi connectivity index (χ4v) is 3.03. The lowest BCUT2D eigenvalue weighted by Gasteiger charge is -2.32. The van der Waals surface area contributed by atoms with Crippen LogP contribution in [0.2, 0.25) is 0 Å². The molecule has 7 nitrogen and oxygen atoms in total. The predicted molar refractivity (Wildman–Crippen MR) is 101 cm³/mol. The van der Waals surface area contributed by atoms with Gasteiger partial charge >= 0.3 is 0 Å². The summed E-state index contributed by atoms with van der Waals surface area (Å²) in [5, 5.41) is 3.36. The summed E-state index contributed by atoms with van der Waals surface area (Å²) in [6.45, 7) is 5.74. The van der Waals surface area contributed by atoms with Crippen molar-refractivity contribution < 1.29 is 4.74 Å². The second kappa shape index (κ2) is 10.2. The van der Waals surface area contributed by atoms with Crippen molar-refractivity contribution >= 4 is 36.6 Å². The molecule has 3 rings (SSSR count). The smallest absolute Gasteiger partial charge is 0.222 e. The van der Waals surface area contributed by atoms with Gasteiger partial charge in [0.15, 0.2) is 0 Å². The van der Waals surface area contributed by atoms with Crippen molar-refractivity contribution in [3.63, 3.8) is 0 Å². The number of aromatic nitrogens is 2. The molecule has 24 heavy (non-hydrogen) atoms. The monoisotopic (exact) mass is 378 g/mol. The van der Waals surface area contributed by atoms with E-state index in [9.17, 15) is 0 Å². The maximum atomic E-state index is 5.85. The summed E-state index contributed by atoms with van der Waals surface area (Å²) < 4.78 is 5.35. The molecule has 0 unspecified atom stereocenters. The average Bonchev–Trinajstić information content (AvgIpc) is 2.49. The zero-order valence-corrected chi connectivity index (χ0v) is 15.5. The van der Waals surface area contributed by atoms with E-state index in [0.717, 1.165) is 70.2 Å². The van der Waals surface area contributed by atoms with E-state index in [1.165, 1.54) is 0 Å². The summed E-state index contributed by atoms with van der Waals surface area (Å²) in [5.41, 5.74) is 12.7. The first kappa shape index (κ1) is 21.2. The van der Waals surface area contributed by atoms with Gasteiger partial charge in [-0.3, -0.25) is 4.90 Å². The lowest BCUT2D eigenvalue weighted by Crippen LogP contribution is -2.37. The zero-order valence-electron chi connectivity index (χ0n) is 13.8. The summed E-state index contributed by atoms with van der Waals surface area (Å²) in [6, 6.07) is 2.33. The second-order valence-electron chi connectivity index (χ2n) is 6.20. The van der Waals surface area contributed by atoms with Crippen LogP contribution in [0.4, 0.5) is 11.8 Å². The number of morpholine rings is 1. The quantitative estimate of drug-likeness (QED) is 0.639. The lowest BCUT2D eigenvalue weighted by molar-refractivity contribution is 0.0378. The highest BCUT2D eigenvalue weighted by molar-refractivity contribution is 5.85. The molecule has 1 aliphatic heterocycles. The molecule has 0 spiro atoms. The lowest BCUT2D eigenvalue weighted by atomic mass is 9.78. The summed E-state index contributed by atoms with van der Waals surface area (Å²) in [7, 11) is 0. The van der Waals surface area contributed by atoms with Crippen LogP contribution in [0.15, 0.2) is 6.07 Å².